The van der Waals surface area contributed by atoms with E-state index in [0.29, 0.717) is 0 Å². The molecule has 0 radical (unpaired) electrons. The fourth-order valence-electron chi connectivity index (χ4n) is 1.38. The molecule has 0 bridgehead atoms. The van der Waals surface area contributed by atoms with E-state index < -0.39 is 18.6 Å². The van der Waals surface area contributed by atoms with Crippen LogP contribution in [0.5, 0.6) is 5.75 Å². The number of aliphatic carboxylic acids is 1. The van der Waals surface area contributed by atoms with Crippen molar-refractivity contribution in [3.63, 3.8) is 0 Å². The molecule has 0 spiro atoms. The lowest BCUT2D eigenvalue weighted by Gasteiger charge is -2.10. The van der Waals surface area contributed by atoms with Gasteiger partial charge in [0.05, 0.1) is 5.02 Å². The summed E-state index contributed by atoms with van der Waals surface area (Å²) < 4.78 is 28.5. The Morgan fingerprint density at radius 3 is 2.71 bits per heavy atom. The van der Waals surface area contributed by atoms with Crippen LogP contribution in [0.4, 0.5) is 19.3 Å². The van der Waals surface area contributed by atoms with Crippen LogP contribution < -0.4 is 15.4 Å². The second-order valence-electron chi connectivity index (χ2n) is 3.90. The molecule has 0 unspecified atom stereocenters. The van der Waals surface area contributed by atoms with E-state index in [2.05, 4.69) is 15.4 Å². The normalized spacial score (nSPS) is 10.3. The van der Waals surface area contributed by atoms with Crippen LogP contribution in [0.15, 0.2) is 18.2 Å². The number of urea groups is 1. The number of halogens is 3. The van der Waals surface area contributed by atoms with Gasteiger partial charge in [-0.05, 0) is 18.6 Å². The number of benzene rings is 1. The summed E-state index contributed by atoms with van der Waals surface area (Å²) in [5.41, 5.74) is 0.214. The predicted molar refractivity (Wildman–Crippen MR) is 72.0 cm³/mol. The van der Waals surface area contributed by atoms with Gasteiger partial charge in [0.15, 0.2) is 0 Å². The maximum atomic E-state index is 12.1. The van der Waals surface area contributed by atoms with Crippen LogP contribution in [-0.4, -0.2) is 30.3 Å². The fraction of sp³-hybridized carbons (Fsp3) is 0.333. The topological polar surface area (TPSA) is 87.7 Å². The molecule has 1 aromatic carbocycles. The Morgan fingerprint density at radius 1 is 1.38 bits per heavy atom. The largest absolute Gasteiger partial charge is 0.481 e. The van der Waals surface area contributed by atoms with Gasteiger partial charge in [0.2, 0.25) is 0 Å². The third kappa shape index (κ3) is 6.75. The molecule has 0 saturated carbocycles. The van der Waals surface area contributed by atoms with Gasteiger partial charge in [-0.25, -0.2) is 4.79 Å². The number of anilines is 1. The number of nitrogens with one attached hydrogen (secondary N) is 2. The van der Waals surface area contributed by atoms with Crippen LogP contribution in [0.25, 0.3) is 0 Å². The Bertz CT molecular complexity index is 514. The lowest BCUT2D eigenvalue weighted by atomic mass is 10.3. The van der Waals surface area contributed by atoms with Gasteiger partial charge in [-0.3, -0.25) is 4.79 Å². The first-order valence-electron chi connectivity index (χ1n) is 5.89. The molecule has 9 heteroatoms. The van der Waals surface area contributed by atoms with E-state index >= 15 is 0 Å². The Morgan fingerprint density at radius 2 is 2.10 bits per heavy atom. The third-order valence-electron chi connectivity index (χ3n) is 2.26. The summed E-state index contributed by atoms with van der Waals surface area (Å²) in [6.45, 7) is -2.85. The second-order valence-corrected chi connectivity index (χ2v) is 4.31. The maximum Gasteiger partial charge on any atom is 0.387 e. The number of carbonyl (C=O) groups is 2. The molecule has 1 aromatic rings. The van der Waals surface area contributed by atoms with Gasteiger partial charge in [-0.2, -0.15) is 8.78 Å². The van der Waals surface area contributed by atoms with Crippen molar-refractivity contribution < 1.29 is 28.2 Å². The third-order valence-corrected chi connectivity index (χ3v) is 2.57. The summed E-state index contributed by atoms with van der Waals surface area (Å²) >= 11 is 5.67. The molecule has 0 aliphatic heterocycles. The molecule has 116 valence electrons. The minimum Gasteiger partial charge on any atom is -0.481 e. The zero-order valence-electron chi connectivity index (χ0n) is 10.7. The number of rotatable bonds is 7. The molecule has 0 fully saturated rings. The number of carboxylic acids is 1. The summed E-state index contributed by atoms with van der Waals surface area (Å²) in [6, 6.07) is 3.29. The second kappa shape index (κ2) is 8.25. The lowest BCUT2D eigenvalue weighted by molar-refractivity contribution is -0.137. The zero-order valence-corrected chi connectivity index (χ0v) is 11.5. The van der Waals surface area contributed by atoms with E-state index in [0.717, 1.165) is 6.07 Å². The number of hydrogen-bond acceptors (Lipinski definition) is 3. The molecule has 0 atom stereocenters. The fourth-order valence-corrected chi connectivity index (χ4v) is 1.55. The first-order valence-corrected chi connectivity index (χ1v) is 6.27. The van der Waals surface area contributed by atoms with Gasteiger partial charge >= 0.3 is 18.6 Å². The molecule has 0 aliphatic rings. The first-order chi connectivity index (χ1) is 9.88. The molecule has 0 heterocycles. The van der Waals surface area contributed by atoms with Crippen LogP contribution in [0.1, 0.15) is 12.8 Å². The molecular weight excluding hydrogens is 310 g/mol. The molecule has 0 aromatic heterocycles. The van der Waals surface area contributed by atoms with Crippen molar-refractivity contribution in [2.45, 2.75) is 19.5 Å². The van der Waals surface area contributed by atoms with Gasteiger partial charge < -0.3 is 20.5 Å². The van der Waals surface area contributed by atoms with Gasteiger partial charge in [0, 0.05) is 24.7 Å². The van der Waals surface area contributed by atoms with E-state index in [1.165, 1.54) is 12.1 Å². The van der Waals surface area contributed by atoms with E-state index in [1.807, 2.05) is 0 Å². The molecule has 3 N–H and O–H groups in total. The summed E-state index contributed by atoms with van der Waals surface area (Å²) in [4.78, 5) is 21.8. The number of hydrogen-bond donors (Lipinski definition) is 3. The average Bonchev–Trinajstić information content (AvgIpc) is 2.38. The summed E-state index contributed by atoms with van der Waals surface area (Å²) in [5.74, 6) is -1.21. The standard InChI is InChI=1S/C12H13ClF2N2O4/c13-8-4-3-7(6-9(8)21-11(14)15)17-12(20)16-5-1-2-10(18)19/h3-4,6,11H,1-2,5H2,(H,18,19)(H2,16,17,20). The SMILES string of the molecule is O=C(O)CCCNC(=O)Nc1ccc(Cl)c(OC(F)F)c1. The van der Waals surface area contributed by atoms with Crippen LogP contribution in [-0.2, 0) is 4.79 Å². The molecule has 0 aliphatic carbocycles. The van der Waals surface area contributed by atoms with Crippen molar-refractivity contribution >= 4 is 29.3 Å². The van der Waals surface area contributed by atoms with E-state index in [4.69, 9.17) is 16.7 Å². The minimum atomic E-state index is -3.03. The molecule has 2 amide bonds. The molecular formula is C12H13ClF2N2O4. The Balaban J connectivity index is 2.50. The van der Waals surface area contributed by atoms with Crippen molar-refractivity contribution in [3.8, 4) is 5.75 Å². The van der Waals surface area contributed by atoms with Crippen molar-refractivity contribution in [2.24, 2.45) is 0 Å². The zero-order chi connectivity index (χ0) is 15.8. The maximum absolute atomic E-state index is 12.1. The van der Waals surface area contributed by atoms with Crippen LogP contribution in [0.3, 0.4) is 0 Å². The van der Waals surface area contributed by atoms with Crippen LogP contribution in [0, 0.1) is 0 Å². The van der Waals surface area contributed by atoms with E-state index in [1.54, 1.807) is 0 Å². The van der Waals surface area contributed by atoms with Crippen molar-refractivity contribution in [1.29, 1.82) is 0 Å². The Labute approximate surface area is 124 Å². The van der Waals surface area contributed by atoms with E-state index in [9.17, 15) is 18.4 Å². The number of carboxylic acid groups (broad SMARTS) is 1. The molecule has 21 heavy (non-hydrogen) atoms. The summed E-state index contributed by atoms with van der Waals surface area (Å²) in [6.07, 6.45) is 0.219. The Hall–Kier alpha value is -2.09. The van der Waals surface area contributed by atoms with Gasteiger partial charge in [-0.1, -0.05) is 11.6 Å². The number of alkyl halides is 2. The predicted octanol–water partition coefficient (Wildman–Crippen LogP) is 2.93. The number of ether oxygens (including phenoxy) is 1. The van der Waals surface area contributed by atoms with Crippen molar-refractivity contribution in [3.05, 3.63) is 23.2 Å². The number of amides is 2. The van der Waals surface area contributed by atoms with Gasteiger partial charge in [0.25, 0.3) is 0 Å². The van der Waals surface area contributed by atoms with Crippen molar-refractivity contribution in [1.82, 2.24) is 5.32 Å². The highest BCUT2D eigenvalue weighted by molar-refractivity contribution is 6.32. The smallest absolute Gasteiger partial charge is 0.387 e. The highest BCUT2D eigenvalue weighted by Crippen LogP contribution is 2.29. The van der Waals surface area contributed by atoms with Gasteiger partial charge in [-0.15, -0.1) is 0 Å². The van der Waals surface area contributed by atoms with Crippen LogP contribution in [0.2, 0.25) is 5.02 Å². The number of carbonyl (C=O) groups excluding carboxylic acids is 1. The van der Waals surface area contributed by atoms with E-state index in [-0.39, 0.29) is 35.8 Å². The average molecular weight is 323 g/mol. The lowest BCUT2D eigenvalue weighted by Crippen LogP contribution is -2.29. The highest BCUT2D eigenvalue weighted by atomic mass is 35.5. The molecule has 0 saturated heterocycles. The molecule has 1 rings (SSSR count). The Kier molecular flexibility index (Phi) is 6.67. The summed E-state index contributed by atoms with van der Waals surface area (Å²) in [5, 5.41) is 13.2. The quantitative estimate of drug-likeness (QED) is 0.673. The monoisotopic (exact) mass is 322 g/mol. The summed E-state index contributed by atoms with van der Waals surface area (Å²) in [7, 11) is 0. The van der Waals surface area contributed by atoms with Gasteiger partial charge in [0.1, 0.15) is 5.75 Å². The highest BCUT2D eigenvalue weighted by Gasteiger charge is 2.10. The first kappa shape index (κ1) is 17.0. The molecule has 6 nitrogen and oxygen atoms in total. The minimum absolute atomic E-state index is 0.0114. The van der Waals surface area contributed by atoms with Crippen molar-refractivity contribution in [2.75, 3.05) is 11.9 Å². The van der Waals surface area contributed by atoms with Crippen LogP contribution >= 0.6 is 11.6 Å².